The molecule has 1 aliphatic rings. The molecular weight excluding hydrogens is 222 g/mol. The molecule has 0 saturated carbocycles. The van der Waals surface area contributed by atoms with Gasteiger partial charge >= 0.3 is 5.97 Å². The second kappa shape index (κ2) is 4.45. The number of aliphatic carboxylic acids is 1. The number of carbonyl (C=O) groups excluding carboxylic acids is 1. The van der Waals surface area contributed by atoms with Crippen molar-refractivity contribution in [2.75, 3.05) is 6.54 Å². The Morgan fingerprint density at radius 3 is 3.00 bits per heavy atom. The minimum absolute atomic E-state index is 0.139. The first-order valence-electron chi connectivity index (χ1n) is 5.39. The Balaban J connectivity index is 2.32. The van der Waals surface area contributed by atoms with Gasteiger partial charge in [0.2, 0.25) is 0 Å². The van der Waals surface area contributed by atoms with E-state index in [4.69, 9.17) is 9.84 Å². The van der Waals surface area contributed by atoms with E-state index < -0.39 is 12.1 Å². The predicted octanol–water partition coefficient (Wildman–Crippen LogP) is 0.824. The van der Waals surface area contributed by atoms with Crippen molar-refractivity contribution < 1.29 is 19.4 Å². The first kappa shape index (κ1) is 11.4. The lowest BCUT2D eigenvalue weighted by Gasteiger charge is -2.20. The van der Waals surface area contributed by atoms with Crippen molar-refractivity contribution in [3.63, 3.8) is 0 Å². The van der Waals surface area contributed by atoms with Crippen LogP contribution < -0.4 is 10.1 Å². The predicted molar refractivity (Wildman–Crippen MR) is 60.2 cm³/mol. The zero-order valence-electron chi connectivity index (χ0n) is 9.40. The standard InChI is InChI=1S/C12H13NO4/c1-7(12(15)16)17-10-4-2-3-9-8(10)5-6-13-11(9)14/h2-4,7H,5-6H2,1H3,(H,13,14)(H,15,16). The van der Waals surface area contributed by atoms with Gasteiger partial charge in [0, 0.05) is 17.7 Å². The lowest BCUT2D eigenvalue weighted by Crippen LogP contribution is -2.32. The van der Waals surface area contributed by atoms with Gasteiger partial charge in [-0.3, -0.25) is 4.79 Å². The van der Waals surface area contributed by atoms with Crippen LogP contribution in [0.1, 0.15) is 22.8 Å². The van der Waals surface area contributed by atoms with E-state index in [1.807, 2.05) is 0 Å². The number of hydrogen-bond donors (Lipinski definition) is 2. The van der Waals surface area contributed by atoms with Gasteiger partial charge in [0.1, 0.15) is 5.75 Å². The molecule has 0 spiro atoms. The average molecular weight is 235 g/mol. The fraction of sp³-hybridized carbons (Fsp3) is 0.333. The van der Waals surface area contributed by atoms with Crippen molar-refractivity contribution in [1.82, 2.24) is 5.32 Å². The van der Waals surface area contributed by atoms with E-state index in [0.29, 0.717) is 24.3 Å². The Morgan fingerprint density at radius 2 is 2.29 bits per heavy atom. The van der Waals surface area contributed by atoms with Gasteiger partial charge in [0.25, 0.3) is 5.91 Å². The van der Waals surface area contributed by atoms with E-state index in [9.17, 15) is 9.59 Å². The summed E-state index contributed by atoms with van der Waals surface area (Å²) in [5.74, 6) is -0.685. The quantitative estimate of drug-likeness (QED) is 0.813. The number of rotatable bonds is 3. The highest BCUT2D eigenvalue weighted by Crippen LogP contribution is 2.26. The molecule has 1 aromatic carbocycles. The Hall–Kier alpha value is -2.04. The molecule has 2 rings (SSSR count). The molecule has 1 aliphatic heterocycles. The third-order valence-corrected chi connectivity index (χ3v) is 2.69. The summed E-state index contributed by atoms with van der Waals surface area (Å²) in [7, 11) is 0. The number of fused-ring (bicyclic) bond motifs is 1. The molecule has 5 heteroatoms. The molecule has 1 heterocycles. The smallest absolute Gasteiger partial charge is 0.344 e. The third kappa shape index (κ3) is 2.22. The van der Waals surface area contributed by atoms with Crippen LogP contribution >= 0.6 is 0 Å². The van der Waals surface area contributed by atoms with Gasteiger partial charge in [-0.1, -0.05) is 6.07 Å². The molecule has 90 valence electrons. The van der Waals surface area contributed by atoms with E-state index in [0.717, 1.165) is 5.56 Å². The minimum atomic E-state index is -1.03. The molecule has 0 aromatic heterocycles. The molecule has 1 amide bonds. The summed E-state index contributed by atoms with van der Waals surface area (Å²) >= 11 is 0. The number of hydrogen-bond acceptors (Lipinski definition) is 3. The van der Waals surface area contributed by atoms with Crippen LogP contribution in [-0.2, 0) is 11.2 Å². The zero-order valence-corrected chi connectivity index (χ0v) is 9.40. The average Bonchev–Trinajstić information content (AvgIpc) is 2.30. The first-order chi connectivity index (χ1) is 8.09. The third-order valence-electron chi connectivity index (χ3n) is 2.69. The Labute approximate surface area is 98.4 Å². The normalized spacial score (nSPS) is 15.7. The topological polar surface area (TPSA) is 75.6 Å². The minimum Gasteiger partial charge on any atom is -0.479 e. The summed E-state index contributed by atoms with van der Waals surface area (Å²) in [4.78, 5) is 22.3. The number of benzene rings is 1. The van der Waals surface area contributed by atoms with Crippen LogP contribution in [0.25, 0.3) is 0 Å². The summed E-state index contributed by atoms with van der Waals surface area (Å²) in [6.07, 6.45) is -0.268. The summed E-state index contributed by atoms with van der Waals surface area (Å²) in [6.45, 7) is 2.01. The summed E-state index contributed by atoms with van der Waals surface area (Å²) in [5, 5.41) is 11.5. The molecule has 0 bridgehead atoms. The van der Waals surface area contributed by atoms with E-state index >= 15 is 0 Å². The second-order valence-corrected chi connectivity index (χ2v) is 3.89. The van der Waals surface area contributed by atoms with Crippen molar-refractivity contribution in [3.8, 4) is 5.75 Å². The number of carboxylic acid groups (broad SMARTS) is 1. The lowest BCUT2D eigenvalue weighted by atomic mass is 9.99. The van der Waals surface area contributed by atoms with Crippen LogP contribution in [0.5, 0.6) is 5.75 Å². The Morgan fingerprint density at radius 1 is 1.53 bits per heavy atom. The highest BCUT2D eigenvalue weighted by atomic mass is 16.5. The highest BCUT2D eigenvalue weighted by Gasteiger charge is 2.22. The van der Waals surface area contributed by atoms with Crippen LogP contribution in [-0.4, -0.2) is 29.6 Å². The molecule has 0 aliphatic carbocycles. The SMILES string of the molecule is CC(Oc1cccc2c1CCNC2=O)C(=O)O. The van der Waals surface area contributed by atoms with Crippen molar-refractivity contribution in [3.05, 3.63) is 29.3 Å². The fourth-order valence-corrected chi connectivity index (χ4v) is 1.78. The molecular formula is C12H13NO4. The fourth-order valence-electron chi connectivity index (χ4n) is 1.78. The van der Waals surface area contributed by atoms with E-state index in [1.165, 1.54) is 6.92 Å². The molecule has 0 fully saturated rings. The largest absolute Gasteiger partial charge is 0.479 e. The zero-order chi connectivity index (χ0) is 12.4. The van der Waals surface area contributed by atoms with Gasteiger partial charge in [-0.05, 0) is 25.5 Å². The van der Waals surface area contributed by atoms with Crippen molar-refractivity contribution >= 4 is 11.9 Å². The van der Waals surface area contributed by atoms with Crippen LogP contribution in [0.15, 0.2) is 18.2 Å². The first-order valence-corrected chi connectivity index (χ1v) is 5.39. The number of carbonyl (C=O) groups is 2. The highest BCUT2D eigenvalue weighted by molar-refractivity contribution is 5.97. The second-order valence-electron chi connectivity index (χ2n) is 3.89. The molecule has 1 unspecified atom stereocenters. The van der Waals surface area contributed by atoms with Gasteiger partial charge in [-0.25, -0.2) is 4.79 Å². The molecule has 0 saturated heterocycles. The van der Waals surface area contributed by atoms with Crippen molar-refractivity contribution in [1.29, 1.82) is 0 Å². The van der Waals surface area contributed by atoms with E-state index in [2.05, 4.69) is 5.32 Å². The molecule has 1 atom stereocenters. The van der Waals surface area contributed by atoms with Crippen LogP contribution in [0, 0.1) is 0 Å². The Bertz CT molecular complexity index is 470. The summed E-state index contributed by atoms with van der Waals surface area (Å²) < 4.78 is 5.34. The van der Waals surface area contributed by atoms with Crippen LogP contribution in [0.3, 0.4) is 0 Å². The molecule has 1 aromatic rings. The summed E-state index contributed by atoms with van der Waals surface area (Å²) in [5.41, 5.74) is 1.34. The van der Waals surface area contributed by atoms with Gasteiger partial charge < -0.3 is 15.2 Å². The maximum Gasteiger partial charge on any atom is 0.344 e. The molecule has 2 N–H and O–H groups in total. The number of nitrogens with one attached hydrogen (secondary N) is 1. The van der Waals surface area contributed by atoms with Crippen molar-refractivity contribution in [2.24, 2.45) is 0 Å². The Kier molecular flexibility index (Phi) is 2.99. The molecule has 5 nitrogen and oxygen atoms in total. The lowest BCUT2D eigenvalue weighted by molar-refractivity contribution is -0.144. The monoisotopic (exact) mass is 235 g/mol. The van der Waals surface area contributed by atoms with Gasteiger partial charge in [-0.2, -0.15) is 0 Å². The number of carboxylic acids is 1. The van der Waals surface area contributed by atoms with Crippen LogP contribution in [0.2, 0.25) is 0 Å². The van der Waals surface area contributed by atoms with E-state index in [-0.39, 0.29) is 5.91 Å². The van der Waals surface area contributed by atoms with Crippen LogP contribution in [0.4, 0.5) is 0 Å². The maximum atomic E-state index is 11.6. The summed E-state index contributed by atoms with van der Waals surface area (Å²) in [6, 6.07) is 5.09. The molecule has 0 radical (unpaired) electrons. The van der Waals surface area contributed by atoms with Crippen molar-refractivity contribution in [2.45, 2.75) is 19.4 Å². The number of ether oxygens (including phenoxy) is 1. The maximum absolute atomic E-state index is 11.6. The van der Waals surface area contributed by atoms with Gasteiger partial charge in [0.15, 0.2) is 6.10 Å². The van der Waals surface area contributed by atoms with E-state index in [1.54, 1.807) is 18.2 Å². The molecule has 17 heavy (non-hydrogen) atoms. The van der Waals surface area contributed by atoms with Gasteiger partial charge in [0.05, 0.1) is 0 Å². The van der Waals surface area contributed by atoms with Gasteiger partial charge in [-0.15, -0.1) is 0 Å². The number of amides is 1.